The summed E-state index contributed by atoms with van der Waals surface area (Å²) in [4.78, 5) is 30.6. The molecule has 0 aliphatic rings. The third-order valence-electron chi connectivity index (χ3n) is 5.23. The minimum Gasteiger partial charge on any atom is -0.325 e. The molecule has 0 unspecified atom stereocenters. The highest BCUT2D eigenvalue weighted by molar-refractivity contribution is 7.99. The average Bonchev–Trinajstić information content (AvgIpc) is 2.80. The molecule has 0 spiro atoms. The number of carbonyl (C=O) groups is 1. The van der Waals surface area contributed by atoms with E-state index in [0.29, 0.717) is 33.5 Å². The standard InChI is InChI=1S/C26H24ClN3O2S/c1-17(2)19-8-6-10-21(14-19)28-24(31)16-33-26-29-23-12-4-3-11-22(23)25(32)30(26)15-18-7-5-9-20(27)13-18/h3-14,17H,15-16H2,1-2H3,(H,28,31). The van der Waals surface area contributed by atoms with Gasteiger partial charge in [0.25, 0.3) is 5.56 Å². The zero-order chi connectivity index (χ0) is 23.4. The van der Waals surface area contributed by atoms with Crippen LogP contribution in [0.3, 0.4) is 0 Å². The molecule has 1 amide bonds. The first kappa shape index (κ1) is 23.1. The molecule has 1 N–H and O–H groups in total. The van der Waals surface area contributed by atoms with Crippen LogP contribution in [-0.4, -0.2) is 21.2 Å². The number of aromatic nitrogens is 2. The molecule has 7 heteroatoms. The lowest BCUT2D eigenvalue weighted by atomic mass is 10.0. The molecule has 0 saturated carbocycles. The number of hydrogen-bond donors (Lipinski definition) is 1. The molecule has 0 atom stereocenters. The highest BCUT2D eigenvalue weighted by atomic mass is 35.5. The zero-order valence-electron chi connectivity index (χ0n) is 18.4. The van der Waals surface area contributed by atoms with Crippen molar-refractivity contribution in [3.8, 4) is 0 Å². The van der Waals surface area contributed by atoms with Crippen LogP contribution < -0.4 is 10.9 Å². The summed E-state index contributed by atoms with van der Waals surface area (Å²) in [5, 5.41) is 4.58. The van der Waals surface area contributed by atoms with Crippen molar-refractivity contribution < 1.29 is 4.79 Å². The van der Waals surface area contributed by atoms with Crippen molar-refractivity contribution in [3.05, 3.63) is 99.3 Å². The molecule has 0 saturated heterocycles. The smallest absolute Gasteiger partial charge is 0.262 e. The molecule has 5 nitrogen and oxygen atoms in total. The molecule has 1 aromatic heterocycles. The number of halogens is 1. The van der Waals surface area contributed by atoms with E-state index in [2.05, 4.69) is 24.1 Å². The van der Waals surface area contributed by atoms with Gasteiger partial charge in [-0.3, -0.25) is 14.2 Å². The van der Waals surface area contributed by atoms with Gasteiger partial charge in [0, 0.05) is 10.7 Å². The zero-order valence-corrected chi connectivity index (χ0v) is 20.0. The van der Waals surface area contributed by atoms with E-state index in [1.165, 1.54) is 11.8 Å². The molecule has 0 aliphatic heterocycles. The lowest BCUT2D eigenvalue weighted by Gasteiger charge is -2.14. The number of benzene rings is 3. The molecule has 168 valence electrons. The summed E-state index contributed by atoms with van der Waals surface area (Å²) in [6, 6.07) is 22.5. The molecule has 4 rings (SSSR count). The summed E-state index contributed by atoms with van der Waals surface area (Å²) in [6.07, 6.45) is 0. The predicted octanol–water partition coefficient (Wildman–Crippen LogP) is 5.95. The fraction of sp³-hybridized carbons (Fsp3) is 0.192. The van der Waals surface area contributed by atoms with E-state index >= 15 is 0 Å². The Hall–Kier alpha value is -3.09. The monoisotopic (exact) mass is 477 g/mol. The minimum absolute atomic E-state index is 0.131. The number of thioether (sulfide) groups is 1. The number of nitrogens with zero attached hydrogens (tertiary/aromatic N) is 2. The number of para-hydroxylation sites is 1. The second-order valence-electron chi connectivity index (χ2n) is 8.05. The molecule has 0 bridgehead atoms. The normalized spacial score (nSPS) is 11.2. The first-order valence-electron chi connectivity index (χ1n) is 10.7. The SMILES string of the molecule is CC(C)c1cccc(NC(=O)CSc2nc3ccccc3c(=O)n2Cc2cccc(Cl)c2)c1. The fourth-order valence-corrected chi connectivity index (χ4v) is 4.53. The highest BCUT2D eigenvalue weighted by Crippen LogP contribution is 2.22. The Kier molecular flexibility index (Phi) is 7.16. The number of anilines is 1. The minimum atomic E-state index is -0.155. The van der Waals surface area contributed by atoms with Crippen LogP contribution in [0, 0.1) is 0 Å². The lowest BCUT2D eigenvalue weighted by molar-refractivity contribution is -0.113. The van der Waals surface area contributed by atoms with Gasteiger partial charge in [0.2, 0.25) is 5.91 Å². The Morgan fingerprint density at radius 3 is 2.64 bits per heavy atom. The first-order chi connectivity index (χ1) is 15.9. The van der Waals surface area contributed by atoms with Gasteiger partial charge in [-0.1, -0.05) is 73.6 Å². The van der Waals surface area contributed by atoms with Crippen LogP contribution in [0.1, 0.15) is 30.9 Å². The molecule has 4 aromatic rings. The van der Waals surface area contributed by atoms with Gasteiger partial charge in [0.15, 0.2) is 5.16 Å². The molecule has 0 fully saturated rings. The summed E-state index contributed by atoms with van der Waals surface area (Å²) in [5.41, 5.74) is 3.27. The Labute approximate surface area is 201 Å². The number of hydrogen-bond acceptors (Lipinski definition) is 4. The molecule has 1 heterocycles. The van der Waals surface area contributed by atoms with Crippen LogP contribution in [0.5, 0.6) is 0 Å². The van der Waals surface area contributed by atoms with E-state index < -0.39 is 0 Å². The Balaban J connectivity index is 1.59. The van der Waals surface area contributed by atoms with Gasteiger partial charge in [-0.05, 0) is 53.4 Å². The van der Waals surface area contributed by atoms with Gasteiger partial charge in [-0.15, -0.1) is 0 Å². The maximum atomic E-state index is 13.3. The van der Waals surface area contributed by atoms with E-state index in [9.17, 15) is 9.59 Å². The molecule has 3 aromatic carbocycles. The second kappa shape index (κ2) is 10.2. The van der Waals surface area contributed by atoms with Crippen molar-refractivity contribution in [2.75, 3.05) is 11.1 Å². The molecular formula is C26H24ClN3O2S. The predicted molar refractivity (Wildman–Crippen MR) is 136 cm³/mol. The summed E-state index contributed by atoms with van der Waals surface area (Å²) >= 11 is 7.38. The van der Waals surface area contributed by atoms with Gasteiger partial charge in [0.1, 0.15) is 0 Å². The second-order valence-corrected chi connectivity index (χ2v) is 9.43. The molecule has 33 heavy (non-hydrogen) atoms. The van der Waals surface area contributed by atoms with E-state index in [4.69, 9.17) is 11.6 Å². The van der Waals surface area contributed by atoms with Gasteiger partial charge in [-0.2, -0.15) is 0 Å². The Bertz CT molecular complexity index is 1370. The van der Waals surface area contributed by atoms with Crippen molar-refractivity contribution in [3.63, 3.8) is 0 Å². The maximum Gasteiger partial charge on any atom is 0.262 e. The number of carbonyl (C=O) groups excluding carboxylic acids is 1. The van der Waals surface area contributed by atoms with Crippen molar-refractivity contribution in [2.45, 2.75) is 31.5 Å². The van der Waals surface area contributed by atoms with E-state index in [1.807, 2.05) is 60.7 Å². The van der Waals surface area contributed by atoms with Crippen molar-refractivity contribution in [1.82, 2.24) is 9.55 Å². The lowest BCUT2D eigenvalue weighted by Crippen LogP contribution is -2.25. The highest BCUT2D eigenvalue weighted by Gasteiger charge is 2.14. The molecule has 0 aliphatic carbocycles. The van der Waals surface area contributed by atoms with Crippen molar-refractivity contribution in [2.24, 2.45) is 0 Å². The van der Waals surface area contributed by atoms with Crippen molar-refractivity contribution in [1.29, 1.82) is 0 Å². The van der Waals surface area contributed by atoms with E-state index in [-0.39, 0.29) is 17.2 Å². The Morgan fingerprint density at radius 1 is 1.06 bits per heavy atom. The van der Waals surface area contributed by atoms with Crippen LogP contribution in [0.4, 0.5) is 5.69 Å². The quantitative estimate of drug-likeness (QED) is 0.264. The topological polar surface area (TPSA) is 64.0 Å². The molecular weight excluding hydrogens is 454 g/mol. The van der Waals surface area contributed by atoms with Crippen LogP contribution >= 0.6 is 23.4 Å². The third kappa shape index (κ3) is 5.64. The average molecular weight is 478 g/mol. The summed E-state index contributed by atoms with van der Waals surface area (Å²) in [6.45, 7) is 4.54. The summed E-state index contributed by atoms with van der Waals surface area (Å²) < 4.78 is 1.60. The van der Waals surface area contributed by atoms with Crippen LogP contribution in [0.25, 0.3) is 10.9 Å². The van der Waals surface area contributed by atoms with Gasteiger partial charge in [-0.25, -0.2) is 4.98 Å². The van der Waals surface area contributed by atoms with Crippen molar-refractivity contribution >= 4 is 45.9 Å². The summed E-state index contributed by atoms with van der Waals surface area (Å²) in [5.74, 6) is 0.350. The fourth-order valence-electron chi connectivity index (χ4n) is 3.52. The number of fused-ring (bicyclic) bond motifs is 1. The van der Waals surface area contributed by atoms with Gasteiger partial charge in [0.05, 0.1) is 23.2 Å². The van der Waals surface area contributed by atoms with Crippen LogP contribution in [-0.2, 0) is 11.3 Å². The Morgan fingerprint density at radius 2 is 1.85 bits per heavy atom. The number of amides is 1. The summed E-state index contributed by atoms with van der Waals surface area (Å²) in [7, 11) is 0. The maximum absolute atomic E-state index is 13.3. The number of rotatable bonds is 7. The van der Waals surface area contributed by atoms with Gasteiger partial charge < -0.3 is 5.32 Å². The molecule has 0 radical (unpaired) electrons. The van der Waals surface area contributed by atoms with E-state index in [1.54, 1.807) is 16.7 Å². The van der Waals surface area contributed by atoms with E-state index in [0.717, 1.165) is 16.8 Å². The van der Waals surface area contributed by atoms with Gasteiger partial charge >= 0.3 is 0 Å². The van der Waals surface area contributed by atoms with Crippen LogP contribution in [0.2, 0.25) is 5.02 Å². The third-order valence-corrected chi connectivity index (χ3v) is 6.44. The largest absolute Gasteiger partial charge is 0.325 e. The first-order valence-corrected chi connectivity index (χ1v) is 12.0. The number of nitrogens with one attached hydrogen (secondary N) is 1. The van der Waals surface area contributed by atoms with Crippen LogP contribution in [0.15, 0.2) is 82.7 Å².